The number of pyridine rings is 1. The van der Waals surface area contributed by atoms with Crippen LogP contribution in [0.5, 0.6) is 5.75 Å². The number of fused-ring (bicyclic) bond motifs is 2. The van der Waals surface area contributed by atoms with Gasteiger partial charge < -0.3 is 29.8 Å². The van der Waals surface area contributed by atoms with Gasteiger partial charge in [-0.3, -0.25) is 4.90 Å². The summed E-state index contributed by atoms with van der Waals surface area (Å²) >= 11 is 0. The molecule has 1 fully saturated rings. The summed E-state index contributed by atoms with van der Waals surface area (Å²) in [4.78, 5) is 11.2. The molecule has 3 N–H and O–H groups in total. The number of aromatic nitrogens is 2. The number of H-pyrrole nitrogens is 1. The fraction of sp³-hybridized carbons (Fsp3) is 0.321. The Bertz CT molecular complexity index is 1530. The van der Waals surface area contributed by atoms with Gasteiger partial charge in [-0.25, -0.2) is 4.98 Å². The molecule has 4 aromatic rings. The van der Waals surface area contributed by atoms with Gasteiger partial charge in [0.05, 0.1) is 37.3 Å². The van der Waals surface area contributed by atoms with E-state index < -0.39 is 18.0 Å². The summed E-state index contributed by atoms with van der Waals surface area (Å²) < 4.78 is 53.7. The maximum atomic E-state index is 14.2. The average Bonchev–Trinajstić information content (AvgIpc) is 3.49. The molecule has 6 rings (SSSR count). The van der Waals surface area contributed by atoms with Gasteiger partial charge in [-0.15, -0.1) is 0 Å². The number of nitrogens with one attached hydrogen (secondary N) is 2. The third-order valence-corrected chi connectivity index (χ3v) is 7.37. The van der Waals surface area contributed by atoms with Gasteiger partial charge in [0.25, 0.3) is 0 Å². The van der Waals surface area contributed by atoms with E-state index in [0.717, 1.165) is 30.5 Å². The van der Waals surface area contributed by atoms with Crippen molar-refractivity contribution in [3.63, 3.8) is 0 Å². The molecule has 11 heteroatoms. The average molecular weight is 540 g/mol. The Labute approximate surface area is 223 Å². The van der Waals surface area contributed by atoms with Crippen LogP contribution in [-0.2, 0) is 17.5 Å². The minimum absolute atomic E-state index is 0.131. The van der Waals surface area contributed by atoms with Crippen LogP contribution in [0.1, 0.15) is 22.9 Å². The van der Waals surface area contributed by atoms with E-state index in [2.05, 4.69) is 20.2 Å². The Morgan fingerprint density at radius 3 is 2.69 bits per heavy atom. The van der Waals surface area contributed by atoms with Crippen LogP contribution in [-0.4, -0.2) is 60.4 Å². The largest absolute Gasteiger partial charge is 0.496 e. The van der Waals surface area contributed by atoms with Crippen molar-refractivity contribution >= 4 is 28.1 Å². The first-order valence-corrected chi connectivity index (χ1v) is 12.6. The number of ether oxygens (including phenoxy) is 2. The second-order valence-electron chi connectivity index (χ2n) is 9.77. The maximum absolute atomic E-state index is 14.2. The number of halogens is 3. The number of methoxy groups -OCH3 is 1. The first-order valence-electron chi connectivity index (χ1n) is 12.6. The minimum atomic E-state index is -4.65. The number of hydrogen-bond donors (Lipinski definition) is 3. The lowest BCUT2D eigenvalue weighted by molar-refractivity contribution is -0.137. The lowest BCUT2D eigenvalue weighted by Gasteiger charge is -2.29. The summed E-state index contributed by atoms with van der Waals surface area (Å²) in [5, 5.41) is 14.0. The molecule has 2 aromatic heterocycles. The minimum Gasteiger partial charge on any atom is -0.496 e. The molecule has 1 saturated heterocycles. The molecule has 4 heterocycles. The highest BCUT2D eigenvalue weighted by atomic mass is 19.4. The summed E-state index contributed by atoms with van der Waals surface area (Å²) in [5.74, 6) is 0.586. The van der Waals surface area contributed by atoms with Gasteiger partial charge in [0.15, 0.2) is 0 Å². The van der Waals surface area contributed by atoms with Crippen LogP contribution in [0.2, 0.25) is 0 Å². The molecule has 204 valence electrons. The van der Waals surface area contributed by atoms with Gasteiger partial charge in [-0.05, 0) is 36.9 Å². The highest BCUT2D eigenvalue weighted by Gasteiger charge is 2.36. The van der Waals surface area contributed by atoms with Crippen LogP contribution in [0.4, 0.5) is 30.2 Å². The van der Waals surface area contributed by atoms with E-state index in [0.29, 0.717) is 53.7 Å². The molecule has 8 nitrogen and oxygen atoms in total. The van der Waals surface area contributed by atoms with Crippen molar-refractivity contribution in [2.24, 2.45) is 0 Å². The monoisotopic (exact) mass is 539 g/mol. The molecular formula is C28H28F3N5O3. The number of hydrogen-bond acceptors (Lipinski definition) is 7. The quantitative estimate of drug-likeness (QED) is 0.319. The van der Waals surface area contributed by atoms with E-state index >= 15 is 0 Å². The van der Waals surface area contributed by atoms with Crippen molar-refractivity contribution in [1.82, 2.24) is 14.9 Å². The molecule has 0 amide bonds. The zero-order chi connectivity index (χ0) is 27.3. The first-order chi connectivity index (χ1) is 18.7. The Morgan fingerprint density at radius 1 is 1.15 bits per heavy atom. The predicted octanol–water partition coefficient (Wildman–Crippen LogP) is 5.27. The smallest absolute Gasteiger partial charge is 0.419 e. The van der Waals surface area contributed by atoms with Crippen molar-refractivity contribution < 1.29 is 27.8 Å². The highest BCUT2D eigenvalue weighted by molar-refractivity contribution is 5.97. The zero-order valence-corrected chi connectivity index (χ0v) is 21.5. The molecule has 0 bridgehead atoms. The van der Waals surface area contributed by atoms with Gasteiger partial charge >= 0.3 is 6.18 Å². The number of nitrogens with zero attached hydrogens (tertiary/aromatic N) is 3. The van der Waals surface area contributed by atoms with Crippen LogP contribution in [0.25, 0.3) is 22.3 Å². The van der Waals surface area contributed by atoms with Crippen molar-refractivity contribution in [3.05, 3.63) is 65.4 Å². The topological polar surface area (TPSA) is 85.9 Å². The van der Waals surface area contributed by atoms with Crippen LogP contribution in [0.3, 0.4) is 0 Å². The molecule has 0 saturated carbocycles. The molecule has 39 heavy (non-hydrogen) atoms. The molecule has 0 spiro atoms. The number of aromatic amines is 1. The second kappa shape index (κ2) is 9.74. The molecule has 2 aliphatic heterocycles. The lowest BCUT2D eigenvalue weighted by Crippen LogP contribution is -2.36. The van der Waals surface area contributed by atoms with Crippen LogP contribution in [0.15, 0.2) is 48.7 Å². The van der Waals surface area contributed by atoms with Gasteiger partial charge in [-0.1, -0.05) is 12.1 Å². The summed E-state index contributed by atoms with van der Waals surface area (Å²) in [5.41, 5.74) is 3.36. The lowest BCUT2D eigenvalue weighted by atomic mass is 10.1. The van der Waals surface area contributed by atoms with E-state index in [1.165, 1.54) is 0 Å². The fourth-order valence-corrected chi connectivity index (χ4v) is 5.37. The Kier molecular flexibility index (Phi) is 6.37. The number of aliphatic hydroxyl groups is 1. The van der Waals surface area contributed by atoms with E-state index in [4.69, 9.17) is 9.47 Å². The van der Waals surface area contributed by atoms with E-state index in [-0.39, 0.29) is 11.1 Å². The molecule has 0 aliphatic carbocycles. The van der Waals surface area contributed by atoms with Crippen LogP contribution >= 0.6 is 0 Å². The van der Waals surface area contributed by atoms with Crippen LogP contribution in [0, 0.1) is 0 Å². The van der Waals surface area contributed by atoms with Crippen molar-refractivity contribution in [2.45, 2.75) is 18.9 Å². The third kappa shape index (κ3) is 4.56. The molecule has 2 aliphatic rings. The number of benzene rings is 2. The van der Waals surface area contributed by atoms with E-state index in [1.54, 1.807) is 37.3 Å². The Balaban J connectivity index is 1.45. The van der Waals surface area contributed by atoms with Crippen molar-refractivity contribution in [2.75, 3.05) is 50.7 Å². The first kappa shape index (κ1) is 25.5. The second-order valence-corrected chi connectivity index (χ2v) is 9.77. The normalized spacial score (nSPS) is 18.0. The molecule has 0 radical (unpaired) electrons. The molecule has 1 atom stereocenters. The molecular weight excluding hydrogens is 511 g/mol. The summed E-state index contributed by atoms with van der Waals surface area (Å²) in [6.07, 6.45) is -4.74. The Morgan fingerprint density at radius 2 is 1.95 bits per heavy atom. The van der Waals surface area contributed by atoms with Crippen LogP contribution < -0.4 is 15.0 Å². The number of rotatable bonds is 5. The Hall–Kier alpha value is -3.80. The van der Waals surface area contributed by atoms with Gasteiger partial charge in [0, 0.05) is 59.8 Å². The highest BCUT2D eigenvalue weighted by Crippen LogP contribution is 2.44. The van der Waals surface area contributed by atoms with E-state index in [1.807, 2.05) is 24.3 Å². The fourth-order valence-electron chi connectivity index (χ4n) is 5.37. The third-order valence-electron chi connectivity index (χ3n) is 7.37. The summed E-state index contributed by atoms with van der Waals surface area (Å²) in [7, 11) is 3.33. The summed E-state index contributed by atoms with van der Waals surface area (Å²) in [6.45, 7) is 3.32. The summed E-state index contributed by atoms with van der Waals surface area (Å²) in [6, 6.07) is 12.7. The van der Waals surface area contributed by atoms with E-state index in [9.17, 15) is 18.3 Å². The maximum Gasteiger partial charge on any atom is 0.419 e. The number of aliphatic hydroxyl groups excluding tert-OH is 1. The van der Waals surface area contributed by atoms with Gasteiger partial charge in [-0.2, -0.15) is 13.2 Å². The SMILES string of the molecule is COc1cc(N2CCOCC2)ccc1-c1cc2c(Nc3cccc4c3C(O)N(C)C4)c(C(F)(F)F)cnc2[nH]1. The van der Waals surface area contributed by atoms with Crippen molar-refractivity contribution in [1.29, 1.82) is 0 Å². The number of alkyl halides is 3. The molecule has 1 unspecified atom stereocenters. The standard InChI is InChI=1S/C28H28F3N5O3/c1-35-15-16-4-3-5-21(24(16)27(35)37)33-25-19-13-22(34-26(19)32-14-20(25)28(29,30)31)18-7-6-17(12-23(18)38-2)36-8-10-39-11-9-36/h3-7,12-14,27,37H,8-11,15H2,1-2H3,(H2,32,33,34). The number of anilines is 3. The van der Waals surface area contributed by atoms with Gasteiger partial charge in [0.1, 0.15) is 17.6 Å². The van der Waals surface area contributed by atoms with Crippen molar-refractivity contribution in [3.8, 4) is 17.0 Å². The molecule has 2 aromatic carbocycles. The zero-order valence-electron chi connectivity index (χ0n) is 21.5. The van der Waals surface area contributed by atoms with Gasteiger partial charge in [0.2, 0.25) is 0 Å². The predicted molar refractivity (Wildman–Crippen MR) is 142 cm³/mol. The number of morpholine rings is 1.